The monoisotopic (exact) mass is 481 g/mol. The van der Waals surface area contributed by atoms with Crippen LogP contribution in [0.3, 0.4) is 0 Å². The van der Waals surface area contributed by atoms with Crippen molar-refractivity contribution in [1.82, 2.24) is 15.2 Å². The molecule has 184 valence electrons. The van der Waals surface area contributed by atoms with Crippen LogP contribution in [0.4, 0.5) is 13.2 Å². The Balaban J connectivity index is 1.30. The van der Waals surface area contributed by atoms with Crippen LogP contribution < -0.4 is 5.32 Å². The molecule has 1 amide bonds. The Labute approximate surface area is 203 Å². The number of rotatable bonds is 5. The minimum absolute atomic E-state index is 0.133. The molecule has 2 aromatic carbocycles. The quantitative estimate of drug-likeness (QED) is 0.465. The number of benzene rings is 2. The molecule has 2 fully saturated rings. The van der Waals surface area contributed by atoms with Crippen molar-refractivity contribution in [2.45, 2.75) is 50.7 Å². The standard InChI is InChI=1S/C28H30F3N3O/c29-28(30,31)22-7-3-6-21(17-22)24-8-4-5-20-11-14-25(33-26(20)24)27(35)32-23-12-9-19(10-13-23)18-34-15-1-2-16-34/h3-8,11,14,17,19,23H,1-2,9-10,12-13,15-16,18H2,(H,32,35). The third kappa shape index (κ3) is 5.50. The van der Waals surface area contributed by atoms with Crippen LogP contribution in [-0.2, 0) is 6.18 Å². The van der Waals surface area contributed by atoms with E-state index in [9.17, 15) is 18.0 Å². The third-order valence-electron chi connectivity index (χ3n) is 7.35. The summed E-state index contributed by atoms with van der Waals surface area (Å²) < 4.78 is 39.7. The van der Waals surface area contributed by atoms with Crippen molar-refractivity contribution in [2.24, 2.45) is 5.92 Å². The number of carbonyl (C=O) groups excluding carboxylic acids is 1. The lowest BCUT2D eigenvalue weighted by molar-refractivity contribution is -0.137. The first kappa shape index (κ1) is 23.8. The van der Waals surface area contributed by atoms with Gasteiger partial charge in [0.05, 0.1) is 11.1 Å². The fourth-order valence-corrected chi connectivity index (χ4v) is 5.45. The summed E-state index contributed by atoms with van der Waals surface area (Å²) >= 11 is 0. The largest absolute Gasteiger partial charge is 0.416 e. The lowest BCUT2D eigenvalue weighted by Crippen LogP contribution is -2.39. The first-order valence-corrected chi connectivity index (χ1v) is 12.5. The Kier molecular flexibility index (Phi) is 6.78. The Morgan fingerprint density at radius 3 is 2.46 bits per heavy atom. The number of alkyl halides is 3. The summed E-state index contributed by atoms with van der Waals surface area (Å²) in [6.07, 6.45) is 2.35. The van der Waals surface area contributed by atoms with Crippen molar-refractivity contribution in [3.63, 3.8) is 0 Å². The van der Waals surface area contributed by atoms with E-state index in [0.717, 1.165) is 43.2 Å². The number of halogens is 3. The van der Waals surface area contributed by atoms with Crippen molar-refractivity contribution in [2.75, 3.05) is 19.6 Å². The number of nitrogens with zero attached hydrogens (tertiary/aromatic N) is 2. The molecule has 0 bridgehead atoms. The predicted octanol–water partition coefficient (Wildman–Crippen LogP) is 6.31. The van der Waals surface area contributed by atoms with Crippen molar-refractivity contribution in [3.8, 4) is 11.1 Å². The maximum absolute atomic E-state index is 13.2. The topological polar surface area (TPSA) is 45.2 Å². The molecule has 7 heteroatoms. The fraction of sp³-hybridized carbons (Fsp3) is 0.429. The van der Waals surface area contributed by atoms with Crippen molar-refractivity contribution in [3.05, 3.63) is 65.9 Å². The first-order chi connectivity index (χ1) is 16.9. The normalized spacial score (nSPS) is 21.3. The van der Waals surface area contributed by atoms with Crippen LogP contribution in [0.5, 0.6) is 0 Å². The van der Waals surface area contributed by atoms with E-state index >= 15 is 0 Å². The average molecular weight is 482 g/mol. The summed E-state index contributed by atoms with van der Waals surface area (Å²) in [5, 5.41) is 3.92. The predicted molar refractivity (Wildman–Crippen MR) is 131 cm³/mol. The van der Waals surface area contributed by atoms with Gasteiger partial charge in [0.2, 0.25) is 0 Å². The highest BCUT2D eigenvalue weighted by Crippen LogP contribution is 2.34. The summed E-state index contributed by atoms with van der Waals surface area (Å²) in [5.41, 5.74) is 1.10. The van der Waals surface area contributed by atoms with E-state index in [0.29, 0.717) is 22.6 Å². The molecule has 0 spiro atoms. The van der Waals surface area contributed by atoms with E-state index in [1.165, 1.54) is 38.5 Å². The number of hydrogen-bond donors (Lipinski definition) is 1. The fourth-order valence-electron chi connectivity index (χ4n) is 5.45. The molecule has 0 atom stereocenters. The average Bonchev–Trinajstić information content (AvgIpc) is 3.37. The zero-order chi connectivity index (χ0) is 24.4. The molecule has 1 saturated carbocycles. The number of fused-ring (bicyclic) bond motifs is 1. The molecular formula is C28H30F3N3O. The van der Waals surface area contributed by atoms with Gasteiger partial charge in [-0.2, -0.15) is 13.2 Å². The maximum Gasteiger partial charge on any atom is 0.416 e. The third-order valence-corrected chi connectivity index (χ3v) is 7.35. The molecule has 1 aromatic heterocycles. The Morgan fingerprint density at radius 1 is 0.971 bits per heavy atom. The number of amides is 1. The molecule has 2 aliphatic rings. The van der Waals surface area contributed by atoms with Crippen LogP contribution in [0.15, 0.2) is 54.6 Å². The Bertz CT molecular complexity index is 1200. The molecule has 4 nitrogen and oxygen atoms in total. The van der Waals surface area contributed by atoms with Gasteiger partial charge >= 0.3 is 6.18 Å². The Morgan fingerprint density at radius 2 is 1.71 bits per heavy atom. The molecule has 1 aliphatic carbocycles. The lowest BCUT2D eigenvalue weighted by atomic mass is 9.85. The zero-order valence-electron chi connectivity index (χ0n) is 19.7. The highest BCUT2D eigenvalue weighted by Gasteiger charge is 2.30. The molecule has 1 N–H and O–H groups in total. The van der Waals surface area contributed by atoms with Gasteiger partial charge in [-0.25, -0.2) is 4.98 Å². The van der Waals surface area contributed by atoms with Gasteiger partial charge in [0, 0.05) is 23.5 Å². The molecule has 1 aliphatic heterocycles. The molecule has 2 heterocycles. The van der Waals surface area contributed by atoms with E-state index in [-0.39, 0.29) is 17.6 Å². The number of pyridine rings is 1. The molecule has 0 radical (unpaired) electrons. The Hall–Kier alpha value is -2.93. The van der Waals surface area contributed by atoms with Gasteiger partial charge in [-0.15, -0.1) is 0 Å². The number of nitrogens with one attached hydrogen (secondary N) is 1. The second-order valence-electron chi connectivity index (χ2n) is 9.85. The maximum atomic E-state index is 13.2. The van der Waals surface area contributed by atoms with Crippen LogP contribution in [-0.4, -0.2) is 41.5 Å². The lowest BCUT2D eigenvalue weighted by Gasteiger charge is -2.31. The number of carbonyl (C=O) groups is 1. The second-order valence-corrected chi connectivity index (χ2v) is 9.85. The first-order valence-electron chi connectivity index (χ1n) is 12.5. The zero-order valence-corrected chi connectivity index (χ0v) is 19.7. The minimum atomic E-state index is -4.42. The molecule has 3 aromatic rings. The van der Waals surface area contributed by atoms with Gasteiger partial charge in [0.25, 0.3) is 5.91 Å². The van der Waals surface area contributed by atoms with Crippen molar-refractivity contribution in [1.29, 1.82) is 0 Å². The number of hydrogen-bond acceptors (Lipinski definition) is 3. The highest BCUT2D eigenvalue weighted by molar-refractivity contribution is 5.99. The van der Waals surface area contributed by atoms with Crippen molar-refractivity contribution >= 4 is 16.8 Å². The summed E-state index contributed by atoms with van der Waals surface area (Å²) in [4.78, 5) is 20.2. The number of aromatic nitrogens is 1. The van der Waals surface area contributed by atoms with Crippen LogP contribution in [0.1, 0.15) is 54.6 Å². The van der Waals surface area contributed by atoms with Crippen LogP contribution in [0.2, 0.25) is 0 Å². The van der Waals surface area contributed by atoms with Crippen LogP contribution in [0, 0.1) is 5.92 Å². The van der Waals surface area contributed by atoms with Crippen molar-refractivity contribution < 1.29 is 18.0 Å². The smallest absolute Gasteiger partial charge is 0.348 e. The second kappa shape index (κ2) is 9.97. The van der Waals surface area contributed by atoms with E-state index < -0.39 is 11.7 Å². The summed E-state index contributed by atoms with van der Waals surface area (Å²) in [7, 11) is 0. The molecular weight excluding hydrogens is 451 g/mol. The molecule has 5 rings (SSSR count). The SMILES string of the molecule is O=C(NC1CCC(CN2CCCC2)CC1)c1ccc2cccc(-c3cccc(C(F)(F)F)c3)c2n1. The molecule has 35 heavy (non-hydrogen) atoms. The summed E-state index contributed by atoms with van der Waals surface area (Å²) in [5.74, 6) is 0.476. The van der Waals surface area contributed by atoms with Gasteiger partial charge in [-0.05, 0) is 81.3 Å². The number of para-hydroxylation sites is 1. The van der Waals surface area contributed by atoms with Gasteiger partial charge in [-0.1, -0.05) is 36.4 Å². The summed E-state index contributed by atoms with van der Waals surface area (Å²) in [6, 6.07) is 14.2. The van der Waals surface area contributed by atoms with Crippen LogP contribution >= 0.6 is 0 Å². The summed E-state index contributed by atoms with van der Waals surface area (Å²) in [6.45, 7) is 3.60. The van der Waals surface area contributed by atoms with E-state index in [1.807, 2.05) is 6.07 Å². The molecule has 1 saturated heterocycles. The van der Waals surface area contributed by atoms with Gasteiger partial charge < -0.3 is 10.2 Å². The highest BCUT2D eigenvalue weighted by atomic mass is 19.4. The van der Waals surface area contributed by atoms with Gasteiger partial charge in [-0.3, -0.25) is 4.79 Å². The van der Waals surface area contributed by atoms with E-state index in [1.54, 1.807) is 30.3 Å². The molecule has 0 unspecified atom stereocenters. The van der Waals surface area contributed by atoms with Gasteiger partial charge in [0.1, 0.15) is 5.69 Å². The van der Waals surface area contributed by atoms with E-state index in [2.05, 4.69) is 15.2 Å². The van der Waals surface area contributed by atoms with Crippen LogP contribution in [0.25, 0.3) is 22.0 Å². The number of likely N-dealkylation sites (tertiary alicyclic amines) is 1. The van der Waals surface area contributed by atoms with E-state index in [4.69, 9.17) is 0 Å². The van der Waals surface area contributed by atoms with Gasteiger partial charge in [0.15, 0.2) is 0 Å². The minimum Gasteiger partial charge on any atom is -0.348 e.